The van der Waals surface area contributed by atoms with Crippen molar-refractivity contribution < 1.29 is 14.3 Å². The number of carbonyl (C=O) groups is 1. The van der Waals surface area contributed by atoms with E-state index >= 15 is 0 Å². The van der Waals surface area contributed by atoms with Crippen molar-refractivity contribution in [1.82, 2.24) is 0 Å². The molecule has 1 aliphatic rings. The van der Waals surface area contributed by atoms with Crippen LogP contribution < -0.4 is 20.5 Å². The lowest BCUT2D eigenvalue weighted by Crippen LogP contribution is -2.40. The molecule has 0 bridgehead atoms. The number of hydrogen-bond acceptors (Lipinski definition) is 4. The minimum atomic E-state index is -0.504. The van der Waals surface area contributed by atoms with Gasteiger partial charge in [-0.05, 0) is 18.1 Å². The Labute approximate surface area is 119 Å². The van der Waals surface area contributed by atoms with Gasteiger partial charge in [-0.15, -0.1) is 0 Å². The fourth-order valence-electron chi connectivity index (χ4n) is 1.98. The molecule has 1 amide bonds. The van der Waals surface area contributed by atoms with Crippen molar-refractivity contribution in [3.05, 3.63) is 18.2 Å². The molecule has 20 heavy (non-hydrogen) atoms. The van der Waals surface area contributed by atoms with E-state index in [4.69, 9.17) is 15.2 Å². The summed E-state index contributed by atoms with van der Waals surface area (Å²) in [4.78, 5) is 12.0. The molecule has 1 aromatic carbocycles. The molecule has 2 rings (SSSR count). The second-order valence-electron chi connectivity index (χ2n) is 5.11. The number of amides is 1. The van der Waals surface area contributed by atoms with E-state index in [1.807, 2.05) is 19.9 Å². The topological polar surface area (TPSA) is 73.6 Å². The molecule has 1 heterocycles. The van der Waals surface area contributed by atoms with Gasteiger partial charge in [0.1, 0.15) is 0 Å². The summed E-state index contributed by atoms with van der Waals surface area (Å²) in [5.41, 5.74) is 6.59. The Kier molecular flexibility index (Phi) is 4.84. The molecule has 1 aromatic rings. The van der Waals surface area contributed by atoms with E-state index in [1.165, 1.54) is 0 Å². The normalized spacial score (nSPS) is 16.9. The van der Waals surface area contributed by atoms with E-state index in [0.29, 0.717) is 30.4 Å². The molecule has 0 spiro atoms. The molecule has 0 fully saturated rings. The summed E-state index contributed by atoms with van der Waals surface area (Å²) in [7, 11) is 0. The second-order valence-corrected chi connectivity index (χ2v) is 5.11. The highest BCUT2D eigenvalue weighted by molar-refractivity contribution is 5.95. The summed E-state index contributed by atoms with van der Waals surface area (Å²) in [5.74, 6) is 1.35. The van der Waals surface area contributed by atoms with Gasteiger partial charge in [0.25, 0.3) is 0 Å². The molecule has 0 aromatic heterocycles. The fraction of sp³-hybridized carbons (Fsp3) is 0.533. The first-order valence-corrected chi connectivity index (χ1v) is 7.08. The number of nitrogens with two attached hydrogens (primary N) is 1. The number of rotatable bonds is 4. The maximum absolute atomic E-state index is 12.0. The van der Waals surface area contributed by atoms with Gasteiger partial charge in [0.15, 0.2) is 11.5 Å². The highest BCUT2D eigenvalue weighted by Gasteiger charge is 2.20. The Morgan fingerprint density at radius 2 is 2.05 bits per heavy atom. The number of fused-ring (bicyclic) bond motifs is 1. The average Bonchev–Trinajstić information content (AvgIpc) is 2.70. The number of benzene rings is 1. The lowest BCUT2D eigenvalue weighted by molar-refractivity contribution is -0.118. The zero-order valence-corrected chi connectivity index (χ0v) is 12.0. The number of carbonyl (C=O) groups excluding carboxylic acids is 1. The molecule has 1 unspecified atom stereocenters. The Hall–Kier alpha value is -1.75. The predicted molar refractivity (Wildman–Crippen MR) is 78.1 cm³/mol. The van der Waals surface area contributed by atoms with Gasteiger partial charge in [-0.25, -0.2) is 0 Å². The van der Waals surface area contributed by atoms with Gasteiger partial charge >= 0.3 is 0 Å². The Morgan fingerprint density at radius 3 is 2.75 bits per heavy atom. The van der Waals surface area contributed by atoms with Crippen LogP contribution >= 0.6 is 0 Å². The van der Waals surface area contributed by atoms with Crippen molar-refractivity contribution in [2.45, 2.75) is 32.7 Å². The summed E-state index contributed by atoms with van der Waals surface area (Å²) in [5, 5.41) is 2.83. The lowest BCUT2D eigenvalue weighted by atomic mass is 9.99. The summed E-state index contributed by atoms with van der Waals surface area (Å²) < 4.78 is 11.1. The van der Waals surface area contributed by atoms with Gasteiger partial charge in [0.05, 0.1) is 19.3 Å². The number of hydrogen-bond donors (Lipinski definition) is 2. The van der Waals surface area contributed by atoms with Crippen LogP contribution in [0.25, 0.3) is 0 Å². The van der Waals surface area contributed by atoms with Crippen LogP contribution in [0.3, 0.4) is 0 Å². The van der Waals surface area contributed by atoms with Crippen LogP contribution in [0.2, 0.25) is 0 Å². The molecule has 110 valence electrons. The van der Waals surface area contributed by atoms with Gasteiger partial charge in [0.2, 0.25) is 5.91 Å². The van der Waals surface area contributed by atoms with Gasteiger partial charge in [-0.1, -0.05) is 20.3 Å². The van der Waals surface area contributed by atoms with Crippen molar-refractivity contribution in [3.63, 3.8) is 0 Å². The third-order valence-electron chi connectivity index (χ3n) is 3.57. The number of anilines is 1. The van der Waals surface area contributed by atoms with Crippen LogP contribution in [0.15, 0.2) is 18.2 Å². The molecule has 0 saturated carbocycles. The van der Waals surface area contributed by atoms with E-state index in [1.54, 1.807) is 12.1 Å². The fourth-order valence-corrected chi connectivity index (χ4v) is 1.98. The predicted octanol–water partition coefficient (Wildman–Crippen LogP) is 2.16. The third-order valence-corrected chi connectivity index (χ3v) is 3.57. The highest BCUT2D eigenvalue weighted by atomic mass is 16.5. The lowest BCUT2D eigenvalue weighted by Gasteiger charge is -2.18. The summed E-state index contributed by atoms with van der Waals surface area (Å²) in [6, 6.07) is 4.89. The molecule has 5 heteroatoms. The van der Waals surface area contributed by atoms with E-state index in [9.17, 15) is 4.79 Å². The van der Waals surface area contributed by atoms with E-state index in [2.05, 4.69) is 5.32 Å². The van der Waals surface area contributed by atoms with Gasteiger partial charge in [-0.3, -0.25) is 4.79 Å². The number of ether oxygens (including phenoxy) is 2. The van der Waals surface area contributed by atoms with Crippen LogP contribution in [0, 0.1) is 5.92 Å². The van der Waals surface area contributed by atoms with E-state index < -0.39 is 6.04 Å². The smallest absolute Gasteiger partial charge is 0.241 e. The first-order valence-electron chi connectivity index (χ1n) is 7.08. The van der Waals surface area contributed by atoms with Gasteiger partial charge in [-0.2, -0.15) is 0 Å². The minimum absolute atomic E-state index is 0.149. The molecular weight excluding hydrogens is 256 g/mol. The summed E-state index contributed by atoms with van der Waals surface area (Å²) in [6.07, 6.45) is 1.73. The Balaban J connectivity index is 2.06. The largest absolute Gasteiger partial charge is 0.490 e. The van der Waals surface area contributed by atoms with Crippen molar-refractivity contribution >= 4 is 11.6 Å². The molecule has 3 N–H and O–H groups in total. The molecule has 0 saturated heterocycles. The zero-order valence-electron chi connectivity index (χ0n) is 12.0. The first-order chi connectivity index (χ1) is 9.61. The summed E-state index contributed by atoms with van der Waals surface area (Å²) >= 11 is 0. The first kappa shape index (κ1) is 14.7. The maximum Gasteiger partial charge on any atom is 0.241 e. The Morgan fingerprint density at radius 1 is 1.35 bits per heavy atom. The van der Waals surface area contributed by atoms with Crippen molar-refractivity contribution in [2.24, 2.45) is 11.7 Å². The molecular formula is C15H22N2O3. The van der Waals surface area contributed by atoms with Crippen molar-refractivity contribution in [2.75, 3.05) is 18.5 Å². The number of nitrogens with one attached hydrogen (secondary N) is 1. The molecule has 0 aliphatic carbocycles. The quantitative estimate of drug-likeness (QED) is 0.885. The van der Waals surface area contributed by atoms with Crippen LogP contribution in [0.4, 0.5) is 5.69 Å². The summed E-state index contributed by atoms with van der Waals surface area (Å²) in [6.45, 7) is 5.26. The molecule has 5 nitrogen and oxygen atoms in total. The van der Waals surface area contributed by atoms with Gasteiger partial charge < -0.3 is 20.5 Å². The monoisotopic (exact) mass is 278 g/mol. The van der Waals surface area contributed by atoms with Gasteiger partial charge in [0, 0.05) is 18.2 Å². The third kappa shape index (κ3) is 3.42. The molecule has 1 aliphatic heterocycles. The zero-order chi connectivity index (χ0) is 14.5. The second kappa shape index (κ2) is 6.61. The Bertz CT molecular complexity index is 476. The van der Waals surface area contributed by atoms with E-state index in [0.717, 1.165) is 12.8 Å². The van der Waals surface area contributed by atoms with Crippen LogP contribution in [-0.2, 0) is 4.79 Å². The maximum atomic E-state index is 12.0. The molecule has 0 radical (unpaired) electrons. The molecule has 2 atom stereocenters. The van der Waals surface area contributed by atoms with Crippen molar-refractivity contribution in [1.29, 1.82) is 0 Å². The highest BCUT2D eigenvalue weighted by Crippen LogP contribution is 2.32. The average molecular weight is 278 g/mol. The van der Waals surface area contributed by atoms with Crippen molar-refractivity contribution in [3.8, 4) is 11.5 Å². The van der Waals surface area contributed by atoms with Crippen LogP contribution in [0.5, 0.6) is 11.5 Å². The standard InChI is InChI=1S/C15H22N2O3/c1-3-10(2)14(16)15(18)17-11-5-6-12-13(9-11)20-8-4-7-19-12/h5-6,9-10,14H,3-4,7-8,16H2,1-2H3,(H,17,18)/t10?,14-/m0/s1. The minimum Gasteiger partial charge on any atom is -0.490 e. The van der Waals surface area contributed by atoms with Crippen LogP contribution in [0.1, 0.15) is 26.7 Å². The van der Waals surface area contributed by atoms with Crippen LogP contribution in [-0.4, -0.2) is 25.2 Å². The SMILES string of the molecule is CCC(C)[C@H](N)C(=O)Nc1ccc2c(c1)OCCCO2. The van der Waals surface area contributed by atoms with E-state index in [-0.39, 0.29) is 11.8 Å².